The second-order valence-corrected chi connectivity index (χ2v) is 5.02. The van der Waals surface area contributed by atoms with E-state index in [0.29, 0.717) is 28.8 Å². The SMILES string of the molecule is NNc1cnc(C(=O)NCCc2ccc(Cl)cc2Cl)cn1. The van der Waals surface area contributed by atoms with Crippen LogP contribution < -0.4 is 16.6 Å². The second kappa shape index (κ2) is 7.21. The van der Waals surface area contributed by atoms with Gasteiger partial charge in [0.25, 0.3) is 5.91 Å². The Morgan fingerprint density at radius 2 is 2.05 bits per heavy atom. The summed E-state index contributed by atoms with van der Waals surface area (Å²) in [6.07, 6.45) is 3.32. The van der Waals surface area contributed by atoms with Crippen LogP contribution >= 0.6 is 23.2 Å². The average molecular weight is 326 g/mol. The molecule has 0 saturated carbocycles. The normalized spacial score (nSPS) is 10.2. The van der Waals surface area contributed by atoms with Gasteiger partial charge >= 0.3 is 0 Å². The van der Waals surface area contributed by atoms with Gasteiger partial charge in [0.05, 0.1) is 12.4 Å². The van der Waals surface area contributed by atoms with Crippen molar-refractivity contribution in [3.05, 3.63) is 51.9 Å². The summed E-state index contributed by atoms with van der Waals surface area (Å²) in [4.78, 5) is 19.7. The molecule has 0 atom stereocenters. The molecule has 0 spiro atoms. The van der Waals surface area contributed by atoms with E-state index in [9.17, 15) is 4.79 Å². The minimum atomic E-state index is -0.309. The number of amides is 1. The van der Waals surface area contributed by atoms with E-state index >= 15 is 0 Å². The number of benzene rings is 1. The number of carbonyl (C=O) groups excluding carboxylic acids is 1. The largest absolute Gasteiger partial charge is 0.350 e. The molecule has 0 radical (unpaired) electrons. The Balaban J connectivity index is 1.88. The minimum Gasteiger partial charge on any atom is -0.350 e. The summed E-state index contributed by atoms with van der Waals surface area (Å²) in [5.41, 5.74) is 3.47. The summed E-state index contributed by atoms with van der Waals surface area (Å²) < 4.78 is 0. The van der Waals surface area contributed by atoms with Crippen LogP contribution in [0.1, 0.15) is 16.1 Å². The van der Waals surface area contributed by atoms with Crippen molar-refractivity contribution in [2.75, 3.05) is 12.0 Å². The lowest BCUT2D eigenvalue weighted by Gasteiger charge is -2.07. The van der Waals surface area contributed by atoms with Crippen LogP contribution in [-0.2, 0) is 6.42 Å². The van der Waals surface area contributed by atoms with Gasteiger partial charge in [-0.25, -0.2) is 15.8 Å². The lowest BCUT2D eigenvalue weighted by Crippen LogP contribution is -2.26. The number of hydrogen-bond acceptors (Lipinski definition) is 5. The van der Waals surface area contributed by atoms with E-state index in [2.05, 4.69) is 20.7 Å². The summed E-state index contributed by atoms with van der Waals surface area (Å²) >= 11 is 11.9. The van der Waals surface area contributed by atoms with Crippen LogP contribution in [0.3, 0.4) is 0 Å². The quantitative estimate of drug-likeness (QED) is 0.577. The number of hydrogen-bond donors (Lipinski definition) is 3. The first-order valence-electron chi connectivity index (χ1n) is 6.11. The molecule has 2 rings (SSSR count). The Kier molecular flexibility index (Phi) is 5.32. The van der Waals surface area contributed by atoms with Gasteiger partial charge in [-0.1, -0.05) is 29.3 Å². The van der Waals surface area contributed by atoms with E-state index in [4.69, 9.17) is 29.0 Å². The van der Waals surface area contributed by atoms with E-state index in [1.165, 1.54) is 12.4 Å². The van der Waals surface area contributed by atoms with Crippen molar-refractivity contribution in [1.82, 2.24) is 15.3 Å². The molecule has 0 aliphatic rings. The highest BCUT2D eigenvalue weighted by atomic mass is 35.5. The molecule has 110 valence electrons. The fourth-order valence-corrected chi connectivity index (χ4v) is 2.15. The van der Waals surface area contributed by atoms with Gasteiger partial charge in [-0.2, -0.15) is 0 Å². The zero-order valence-corrected chi connectivity index (χ0v) is 12.4. The van der Waals surface area contributed by atoms with Crippen LogP contribution in [0, 0.1) is 0 Å². The molecule has 0 unspecified atom stereocenters. The van der Waals surface area contributed by atoms with Gasteiger partial charge in [-0.15, -0.1) is 0 Å². The monoisotopic (exact) mass is 325 g/mol. The average Bonchev–Trinajstić information content (AvgIpc) is 2.49. The maximum absolute atomic E-state index is 11.9. The number of nitrogens with zero attached hydrogens (tertiary/aromatic N) is 2. The Hall–Kier alpha value is -1.89. The second-order valence-electron chi connectivity index (χ2n) is 4.17. The lowest BCUT2D eigenvalue weighted by molar-refractivity contribution is 0.0949. The molecule has 8 heteroatoms. The summed E-state index contributed by atoms with van der Waals surface area (Å²) in [6.45, 7) is 0.429. The summed E-state index contributed by atoms with van der Waals surface area (Å²) in [7, 11) is 0. The van der Waals surface area contributed by atoms with Crippen LogP contribution in [-0.4, -0.2) is 22.4 Å². The smallest absolute Gasteiger partial charge is 0.271 e. The van der Waals surface area contributed by atoms with Gasteiger partial charge < -0.3 is 10.7 Å². The molecule has 1 aromatic heterocycles. The van der Waals surface area contributed by atoms with Crippen molar-refractivity contribution in [1.29, 1.82) is 0 Å². The summed E-state index contributed by atoms with van der Waals surface area (Å²) in [5, 5.41) is 3.90. The molecular formula is C13H13Cl2N5O. The van der Waals surface area contributed by atoms with Crippen LogP contribution in [0.15, 0.2) is 30.6 Å². The highest BCUT2D eigenvalue weighted by molar-refractivity contribution is 6.35. The van der Waals surface area contributed by atoms with Crippen LogP contribution in [0.4, 0.5) is 5.82 Å². The van der Waals surface area contributed by atoms with E-state index in [0.717, 1.165) is 5.56 Å². The fourth-order valence-electron chi connectivity index (χ4n) is 1.65. The van der Waals surface area contributed by atoms with E-state index in [1.54, 1.807) is 12.1 Å². The number of nitrogen functional groups attached to an aromatic ring is 1. The summed E-state index contributed by atoms with van der Waals surface area (Å²) in [6, 6.07) is 5.26. The highest BCUT2D eigenvalue weighted by Crippen LogP contribution is 2.21. The third kappa shape index (κ3) is 4.29. The van der Waals surface area contributed by atoms with Gasteiger partial charge in [0.15, 0.2) is 5.82 Å². The van der Waals surface area contributed by atoms with E-state index in [-0.39, 0.29) is 11.6 Å². The first-order chi connectivity index (χ1) is 10.1. The molecule has 1 heterocycles. The van der Waals surface area contributed by atoms with E-state index < -0.39 is 0 Å². The third-order valence-corrected chi connectivity index (χ3v) is 3.31. The van der Waals surface area contributed by atoms with Crippen molar-refractivity contribution in [3.63, 3.8) is 0 Å². The Bertz CT molecular complexity index is 633. The summed E-state index contributed by atoms with van der Waals surface area (Å²) in [5.74, 6) is 5.25. The maximum atomic E-state index is 11.9. The number of aromatic nitrogens is 2. The van der Waals surface area contributed by atoms with Crippen LogP contribution in [0.5, 0.6) is 0 Å². The van der Waals surface area contributed by atoms with Crippen molar-refractivity contribution < 1.29 is 4.79 Å². The lowest BCUT2D eigenvalue weighted by atomic mass is 10.1. The number of halogens is 2. The maximum Gasteiger partial charge on any atom is 0.271 e. The molecule has 2 aromatic rings. The van der Waals surface area contributed by atoms with Crippen molar-refractivity contribution in [2.24, 2.45) is 5.84 Å². The molecule has 0 aliphatic carbocycles. The Morgan fingerprint density at radius 1 is 1.24 bits per heavy atom. The number of rotatable bonds is 5. The molecule has 1 amide bonds. The number of nitrogens with one attached hydrogen (secondary N) is 2. The zero-order chi connectivity index (χ0) is 15.2. The van der Waals surface area contributed by atoms with Crippen LogP contribution in [0.25, 0.3) is 0 Å². The molecule has 6 nitrogen and oxygen atoms in total. The minimum absolute atomic E-state index is 0.219. The number of anilines is 1. The first kappa shape index (κ1) is 15.5. The van der Waals surface area contributed by atoms with Crippen molar-refractivity contribution >= 4 is 34.9 Å². The molecular weight excluding hydrogens is 313 g/mol. The first-order valence-corrected chi connectivity index (χ1v) is 6.86. The Labute approximate surface area is 131 Å². The molecule has 0 saturated heterocycles. The standard InChI is InChI=1S/C13H13Cl2N5O/c14-9-2-1-8(10(15)5-9)3-4-17-13(21)11-6-19-12(20-16)7-18-11/h1-2,5-7H,3-4,16H2,(H,17,21)(H,19,20). The third-order valence-electron chi connectivity index (χ3n) is 2.73. The number of hydrazine groups is 1. The zero-order valence-electron chi connectivity index (χ0n) is 10.9. The number of carbonyl (C=O) groups is 1. The van der Waals surface area contributed by atoms with Gasteiger partial charge in [-0.3, -0.25) is 4.79 Å². The molecule has 21 heavy (non-hydrogen) atoms. The molecule has 1 aromatic carbocycles. The topological polar surface area (TPSA) is 92.9 Å². The van der Waals surface area contributed by atoms with Crippen LogP contribution in [0.2, 0.25) is 10.0 Å². The number of nitrogens with two attached hydrogens (primary N) is 1. The predicted molar refractivity (Wildman–Crippen MR) is 82.3 cm³/mol. The predicted octanol–water partition coefficient (Wildman–Crippen LogP) is 2.04. The molecule has 0 bridgehead atoms. The van der Waals surface area contributed by atoms with Gasteiger partial charge in [0.1, 0.15) is 5.69 Å². The van der Waals surface area contributed by atoms with Crippen molar-refractivity contribution in [2.45, 2.75) is 6.42 Å². The van der Waals surface area contributed by atoms with Gasteiger partial charge in [-0.05, 0) is 24.1 Å². The highest BCUT2D eigenvalue weighted by Gasteiger charge is 2.08. The molecule has 0 fully saturated rings. The van der Waals surface area contributed by atoms with E-state index in [1.807, 2.05) is 6.07 Å². The van der Waals surface area contributed by atoms with Gasteiger partial charge in [0, 0.05) is 16.6 Å². The van der Waals surface area contributed by atoms with Gasteiger partial charge in [0.2, 0.25) is 0 Å². The fraction of sp³-hybridized carbons (Fsp3) is 0.154. The van der Waals surface area contributed by atoms with Crippen molar-refractivity contribution in [3.8, 4) is 0 Å². The molecule has 4 N–H and O–H groups in total. The Morgan fingerprint density at radius 3 is 2.67 bits per heavy atom. The molecule has 0 aliphatic heterocycles.